The number of rotatable bonds is 1. The number of nitrogens with zero attached hydrogens (tertiary/aromatic N) is 4. The van der Waals surface area contributed by atoms with Crippen molar-refractivity contribution >= 4 is 11.0 Å². The van der Waals surface area contributed by atoms with Crippen LogP contribution >= 0.6 is 0 Å². The standard InChI is InChI=1S/C12H7F3N4/c13-12(14,15)8-5-6-11(16-7-8)19-10-4-2-1-3-9(10)17-18-19/h1-7H. The van der Waals surface area contributed by atoms with E-state index in [0.29, 0.717) is 16.9 Å². The van der Waals surface area contributed by atoms with Crippen molar-refractivity contribution in [2.24, 2.45) is 0 Å². The fourth-order valence-electron chi connectivity index (χ4n) is 1.72. The lowest BCUT2D eigenvalue weighted by Crippen LogP contribution is -2.07. The zero-order valence-corrected chi connectivity index (χ0v) is 9.46. The number of hydrogen-bond acceptors (Lipinski definition) is 3. The van der Waals surface area contributed by atoms with Crippen molar-refractivity contribution in [3.05, 3.63) is 48.2 Å². The monoisotopic (exact) mass is 264 g/mol. The van der Waals surface area contributed by atoms with Crippen LogP contribution in [0.2, 0.25) is 0 Å². The summed E-state index contributed by atoms with van der Waals surface area (Å²) in [6, 6.07) is 9.38. The molecule has 0 atom stereocenters. The Morgan fingerprint density at radius 2 is 1.79 bits per heavy atom. The zero-order valence-electron chi connectivity index (χ0n) is 9.46. The van der Waals surface area contributed by atoms with Crippen LogP contribution in [0.25, 0.3) is 16.9 Å². The number of alkyl halides is 3. The van der Waals surface area contributed by atoms with Gasteiger partial charge in [-0.2, -0.15) is 17.9 Å². The van der Waals surface area contributed by atoms with Crippen molar-refractivity contribution in [3.63, 3.8) is 0 Å². The second kappa shape index (κ2) is 4.04. The van der Waals surface area contributed by atoms with Gasteiger partial charge in [0.25, 0.3) is 0 Å². The quantitative estimate of drug-likeness (QED) is 0.678. The largest absolute Gasteiger partial charge is 0.417 e. The molecule has 19 heavy (non-hydrogen) atoms. The molecule has 0 saturated heterocycles. The highest BCUT2D eigenvalue weighted by Crippen LogP contribution is 2.28. The molecule has 0 aliphatic carbocycles. The molecule has 3 rings (SSSR count). The third-order valence-electron chi connectivity index (χ3n) is 2.64. The predicted molar refractivity (Wildman–Crippen MR) is 61.7 cm³/mol. The molecule has 2 aromatic heterocycles. The van der Waals surface area contributed by atoms with E-state index in [1.165, 1.54) is 10.7 Å². The summed E-state index contributed by atoms with van der Waals surface area (Å²) in [5, 5.41) is 7.80. The lowest BCUT2D eigenvalue weighted by molar-refractivity contribution is -0.137. The SMILES string of the molecule is FC(F)(F)c1ccc(-n2nnc3ccccc32)nc1. The molecule has 0 fully saturated rings. The fraction of sp³-hybridized carbons (Fsp3) is 0.0833. The molecule has 0 aliphatic heterocycles. The maximum Gasteiger partial charge on any atom is 0.417 e. The topological polar surface area (TPSA) is 43.6 Å². The maximum absolute atomic E-state index is 12.4. The van der Waals surface area contributed by atoms with E-state index in [1.54, 1.807) is 18.2 Å². The molecule has 96 valence electrons. The Hall–Kier alpha value is -2.44. The Morgan fingerprint density at radius 3 is 2.47 bits per heavy atom. The molecule has 0 unspecified atom stereocenters. The average molecular weight is 264 g/mol. The van der Waals surface area contributed by atoms with Crippen LogP contribution < -0.4 is 0 Å². The van der Waals surface area contributed by atoms with Crippen LogP contribution in [0.5, 0.6) is 0 Å². The van der Waals surface area contributed by atoms with Crippen LogP contribution in [0.4, 0.5) is 13.2 Å². The molecule has 0 saturated carbocycles. The predicted octanol–water partition coefficient (Wildman–Crippen LogP) is 2.83. The Labute approximate surface area is 105 Å². The summed E-state index contributed by atoms with van der Waals surface area (Å²) in [6.07, 6.45) is -3.61. The summed E-state index contributed by atoms with van der Waals surface area (Å²) >= 11 is 0. The first-order chi connectivity index (χ1) is 9.05. The molecular formula is C12H7F3N4. The van der Waals surface area contributed by atoms with Gasteiger partial charge >= 0.3 is 6.18 Å². The van der Waals surface area contributed by atoms with Crippen LogP contribution in [-0.2, 0) is 6.18 Å². The van der Waals surface area contributed by atoms with E-state index in [9.17, 15) is 13.2 Å². The Kier molecular flexibility index (Phi) is 2.48. The van der Waals surface area contributed by atoms with Gasteiger partial charge in [-0.25, -0.2) is 4.98 Å². The van der Waals surface area contributed by atoms with E-state index in [1.807, 2.05) is 6.07 Å². The van der Waals surface area contributed by atoms with E-state index >= 15 is 0 Å². The van der Waals surface area contributed by atoms with Crippen molar-refractivity contribution in [1.82, 2.24) is 20.0 Å². The highest BCUT2D eigenvalue weighted by Gasteiger charge is 2.30. The maximum atomic E-state index is 12.4. The van der Waals surface area contributed by atoms with Gasteiger partial charge in [-0.1, -0.05) is 17.3 Å². The van der Waals surface area contributed by atoms with Gasteiger partial charge in [-0.15, -0.1) is 5.10 Å². The smallest absolute Gasteiger partial charge is 0.236 e. The van der Waals surface area contributed by atoms with Crippen LogP contribution in [0.3, 0.4) is 0 Å². The van der Waals surface area contributed by atoms with Gasteiger partial charge < -0.3 is 0 Å². The summed E-state index contributed by atoms with van der Waals surface area (Å²) in [7, 11) is 0. The Morgan fingerprint density at radius 1 is 1.00 bits per heavy atom. The lowest BCUT2D eigenvalue weighted by atomic mass is 10.2. The van der Waals surface area contributed by atoms with Crippen molar-refractivity contribution in [2.75, 3.05) is 0 Å². The average Bonchev–Trinajstić information content (AvgIpc) is 2.82. The summed E-state index contributed by atoms with van der Waals surface area (Å²) in [5.41, 5.74) is 0.555. The van der Waals surface area contributed by atoms with E-state index in [4.69, 9.17) is 0 Å². The molecule has 2 heterocycles. The minimum Gasteiger partial charge on any atom is -0.236 e. The van der Waals surface area contributed by atoms with Crippen LogP contribution in [0, 0.1) is 0 Å². The normalized spacial score (nSPS) is 11.9. The first-order valence-electron chi connectivity index (χ1n) is 5.40. The van der Waals surface area contributed by atoms with E-state index < -0.39 is 11.7 Å². The van der Waals surface area contributed by atoms with Crippen LogP contribution in [0.15, 0.2) is 42.6 Å². The number of halogens is 3. The number of benzene rings is 1. The van der Waals surface area contributed by atoms with Crippen molar-refractivity contribution in [2.45, 2.75) is 6.18 Å². The Bertz CT molecular complexity index is 716. The summed E-state index contributed by atoms with van der Waals surface area (Å²) in [4.78, 5) is 3.78. The van der Waals surface area contributed by atoms with Gasteiger partial charge in [0.15, 0.2) is 5.82 Å². The third-order valence-corrected chi connectivity index (χ3v) is 2.64. The van der Waals surface area contributed by atoms with Gasteiger partial charge in [-0.05, 0) is 24.3 Å². The fourth-order valence-corrected chi connectivity index (χ4v) is 1.72. The van der Waals surface area contributed by atoms with Gasteiger partial charge in [0.05, 0.1) is 11.1 Å². The molecule has 4 nitrogen and oxygen atoms in total. The minimum atomic E-state index is -4.39. The number of hydrogen-bond donors (Lipinski definition) is 0. The van der Waals surface area contributed by atoms with Gasteiger partial charge in [0.1, 0.15) is 5.52 Å². The lowest BCUT2D eigenvalue weighted by Gasteiger charge is -2.06. The molecule has 0 amide bonds. The summed E-state index contributed by atoms with van der Waals surface area (Å²) < 4.78 is 38.7. The van der Waals surface area contributed by atoms with Gasteiger partial charge in [0.2, 0.25) is 0 Å². The molecule has 0 radical (unpaired) electrons. The van der Waals surface area contributed by atoms with E-state index in [2.05, 4.69) is 15.3 Å². The number of fused-ring (bicyclic) bond motifs is 1. The minimum absolute atomic E-state index is 0.293. The first-order valence-corrected chi connectivity index (χ1v) is 5.40. The van der Waals surface area contributed by atoms with E-state index in [0.717, 1.165) is 12.3 Å². The van der Waals surface area contributed by atoms with Crippen molar-refractivity contribution in [1.29, 1.82) is 0 Å². The molecule has 7 heteroatoms. The highest BCUT2D eigenvalue weighted by molar-refractivity contribution is 5.75. The first kappa shape index (κ1) is 11.6. The third kappa shape index (κ3) is 2.03. The van der Waals surface area contributed by atoms with Gasteiger partial charge in [0, 0.05) is 6.20 Å². The molecule has 0 aliphatic rings. The van der Waals surface area contributed by atoms with Gasteiger partial charge in [-0.3, -0.25) is 0 Å². The highest BCUT2D eigenvalue weighted by atomic mass is 19.4. The molecule has 3 aromatic rings. The molecule has 0 spiro atoms. The number of para-hydroxylation sites is 1. The summed E-state index contributed by atoms with van der Waals surface area (Å²) in [6.45, 7) is 0. The van der Waals surface area contributed by atoms with Crippen LogP contribution in [0.1, 0.15) is 5.56 Å². The van der Waals surface area contributed by atoms with Crippen molar-refractivity contribution in [3.8, 4) is 5.82 Å². The number of pyridine rings is 1. The zero-order chi connectivity index (χ0) is 13.5. The second-order valence-electron chi connectivity index (χ2n) is 3.89. The Balaban J connectivity index is 2.07. The molecule has 1 aromatic carbocycles. The van der Waals surface area contributed by atoms with E-state index in [-0.39, 0.29) is 0 Å². The second-order valence-corrected chi connectivity index (χ2v) is 3.89. The van der Waals surface area contributed by atoms with Crippen LogP contribution in [-0.4, -0.2) is 20.0 Å². The molecule has 0 N–H and O–H groups in total. The van der Waals surface area contributed by atoms with Crippen molar-refractivity contribution < 1.29 is 13.2 Å². The molecule has 0 bridgehead atoms. The molecular weight excluding hydrogens is 257 g/mol. The number of aromatic nitrogens is 4. The summed E-state index contributed by atoms with van der Waals surface area (Å²) in [5.74, 6) is 0.293.